The van der Waals surface area contributed by atoms with E-state index in [4.69, 9.17) is 11.6 Å². The Kier molecular flexibility index (Phi) is 6.08. The average molecular weight is 374 g/mol. The molecule has 1 amide bonds. The SMILES string of the molecule is CC(C)C(CNC(=O)c1ccc(Cl)cc1Br)N1CCCC1. The number of nitrogens with zero attached hydrogens (tertiary/aromatic N) is 1. The Morgan fingerprint density at radius 3 is 2.62 bits per heavy atom. The molecule has 1 N–H and O–H groups in total. The lowest BCUT2D eigenvalue weighted by atomic mass is 10.0. The second-order valence-corrected chi connectivity index (χ2v) is 7.18. The first-order chi connectivity index (χ1) is 9.99. The van der Waals surface area contributed by atoms with E-state index in [1.165, 1.54) is 12.8 Å². The second-order valence-electron chi connectivity index (χ2n) is 5.89. The third-order valence-electron chi connectivity index (χ3n) is 4.03. The number of carbonyl (C=O) groups excluding carboxylic acids is 1. The van der Waals surface area contributed by atoms with Gasteiger partial charge in [0.25, 0.3) is 5.91 Å². The monoisotopic (exact) mass is 372 g/mol. The third-order valence-corrected chi connectivity index (χ3v) is 4.92. The fourth-order valence-corrected chi connectivity index (χ4v) is 3.69. The molecule has 0 aromatic heterocycles. The van der Waals surface area contributed by atoms with Crippen LogP contribution in [0.5, 0.6) is 0 Å². The molecule has 1 unspecified atom stereocenters. The summed E-state index contributed by atoms with van der Waals surface area (Å²) in [5.74, 6) is 0.473. The van der Waals surface area contributed by atoms with Gasteiger partial charge in [-0.1, -0.05) is 25.4 Å². The summed E-state index contributed by atoms with van der Waals surface area (Å²) in [5.41, 5.74) is 0.628. The van der Waals surface area contributed by atoms with Crippen molar-refractivity contribution in [2.75, 3.05) is 19.6 Å². The minimum atomic E-state index is -0.0524. The largest absolute Gasteiger partial charge is 0.350 e. The van der Waals surface area contributed by atoms with Crippen molar-refractivity contribution in [2.24, 2.45) is 5.92 Å². The Morgan fingerprint density at radius 2 is 2.05 bits per heavy atom. The van der Waals surface area contributed by atoms with Crippen LogP contribution >= 0.6 is 27.5 Å². The predicted octanol–water partition coefficient (Wildman–Crippen LogP) is 3.95. The van der Waals surface area contributed by atoms with Crippen LogP contribution in [0, 0.1) is 5.92 Å². The molecule has 1 saturated heterocycles. The summed E-state index contributed by atoms with van der Waals surface area (Å²) in [6, 6.07) is 5.64. The predicted molar refractivity (Wildman–Crippen MR) is 90.9 cm³/mol. The van der Waals surface area contributed by atoms with Crippen LogP contribution in [0.2, 0.25) is 5.02 Å². The maximum Gasteiger partial charge on any atom is 0.252 e. The van der Waals surface area contributed by atoms with Crippen molar-refractivity contribution < 1.29 is 4.79 Å². The fraction of sp³-hybridized carbons (Fsp3) is 0.562. The van der Waals surface area contributed by atoms with Crippen LogP contribution in [-0.2, 0) is 0 Å². The molecular weight excluding hydrogens is 352 g/mol. The number of likely N-dealkylation sites (tertiary alicyclic amines) is 1. The molecule has 1 aromatic rings. The van der Waals surface area contributed by atoms with E-state index in [0.29, 0.717) is 29.1 Å². The summed E-state index contributed by atoms with van der Waals surface area (Å²) in [6.45, 7) is 7.40. The van der Waals surface area contributed by atoms with Crippen LogP contribution < -0.4 is 5.32 Å². The molecule has 0 radical (unpaired) electrons. The molecule has 2 rings (SSSR count). The van der Waals surface area contributed by atoms with Gasteiger partial charge in [-0.2, -0.15) is 0 Å². The minimum Gasteiger partial charge on any atom is -0.350 e. The highest BCUT2D eigenvalue weighted by atomic mass is 79.9. The Bertz CT molecular complexity index is 501. The molecule has 0 aliphatic carbocycles. The molecular formula is C16H22BrClN2O. The molecule has 1 aromatic carbocycles. The maximum atomic E-state index is 12.3. The lowest BCUT2D eigenvalue weighted by Gasteiger charge is -2.31. The molecule has 1 aliphatic heterocycles. The second kappa shape index (κ2) is 7.61. The summed E-state index contributed by atoms with van der Waals surface area (Å²) in [7, 11) is 0. The lowest BCUT2D eigenvalue weighted by Crippen LogP contribution is -2.45. The quantitative estimate of drug-likeness (QED) is 0.847. The van der Waals surface area contributed by atoms with E-state index in [1.807, 2.05) is 0 Å². The first-order valence-electron chi connectivity index (χ1n) is 7.46. The highest BCUT2D eigenvalue weighted by Gasteiger charge is 2.25. The van der Waals surface area contributed by atoms with Crippen molar-refractivity contribution in [3.05, 3.63) is 33.3 Å². The van der Waals surface area contributed by atoms with Gasteiger partial charge in [-0.3, -0.25) is 9.69 Å². The topological polar surface area (TPSA) is 32.3 Å². The van der Waals surface area contributed by atoms with Crippen LogP contribution in [0.4, 0.5) is 0 Å². The van der Waals surface area contributed by atoms with Gasteiger partial charge in [0.1, 0.15) is 0 Å². The van der Waals surface area contributed by atoms with Crippen molar-refractivity contribution in [3.8, 4) is 0 Å². The van der Waals surface area contributed by atoms with Crippen molar-refractivity contribution in [3.63, 3.8) is 0 Å². The normalized spacial score (nSPS) is 17.2. The zero-order valence-electron chi connectivity index (χ0n) is 12.5. The van der Waals surface area contributed by atoms with Gasteiger partial charge in [-0.15, -0.1) is 0 Å². The first-order valence-corrected chi connectivity index (χ1v) is 8.63. The average Bonchev–Trinajstić information content (AvgIpc) is 2.92. The standard InChI is InChI=1S/C16H22BrClN2O/c1-11(2)15(20-7-3-4-8-20)10-19-16(21)13-6-5-12(18)9-14(13)17/h5-6,9,11,15H,3-4,7-8,10H2,1-2H3,(H,19,21). The fourth-order valence-electron chi connectivity index (χ4n) is 2.83. The smallest absolute Gasteiger partial charge is 0.252 e. The molecule has 116 valence electrons. The molecule has 1 fully saturated rings. The summed E-state index contributed by atoms with van der Waals surface area (Å²) < 4.78 is 0.731. The molecule has 1 heterocycles. The van der Waals surface area contributed by atoms with E-state index < -0.39 is 0 Å². The number of hydrogen-bond donors (Lipinski definition) is 1. The number of nitrogens with one attached hydrogen (secondary N) is 1. The third kappa shape index (κ3) is 4.44. The van der Waals surface area contributed by atoms with Crippen molar-refractivity contribution in [2.45, 2.75) is 32.7 Å². The van der Waals surface area contributed by atoms with E-state index >= 15 is 0 Å². The molecule has 3 nitrogen and oxygen atoms in total. The van der Waals surface area contributed by atoms with Gasteiger partial charge in [0.15, 0.2) is 0 Å². The Hall–Kier alpha value is -0.580. The van der Waals surface area contributed by atoms with E-state index in [1.54, 1.807) is 18.2 Å². The summed E-state index contributed by atoms with van der Waals surface area (Å²) in [5, 5.41) is 3.68. The number of rotatable bonds is 5. The molecule has 0 saturated carbocycles. The van der Waals surface area contributed by atoms with Gasteiger partial charge in [-0.25, -0.2) is 0 Å². The van der Waals surface area contributed by atoms with E-state index in [-0.39, 0.29) is 5.91 Å². The van der Waals surface area contributed by atoms with E-state index in [2.05, 4.69) is 40.0 Å². The van der Waals surface area contributed by atoms with Gasteiger partial charge in [0.05, 0.1) is 5.56 Å². The van der Waals surface area contributed by atoms with Gasteiger partial charge >= 0.3 is 0 Å². The van der Waals surface area contributed by atoms with Gasteiger partial charge < -0.3 is 5.32 Å². The van der Waals surface area contributed by atoms with E-state index in [0.717, 1.165) is 17.6 Å². The summed E-state index contributed by atoms with van der Waals surface area (Å²) in [4.78, 5) is 14.8. The van der Waals surface area contributed by atoms with Gasteiger partial charge in [0, 0.05) is 22.1 Å². The zero-order chi connectivity index (χ0) is 15.4. The lowest BCUT2D eigenvalue weighted by molar-refractivity contribution is 0.0926. The highest BCUT2D eigenvalue weighted by molar-refractivity contribution is 9.10. The Balaban J connectivity index is 1.98. The molecule has 1 atom stereocenters. The Labute approximate surface area is 140 Å². The molecule has 1 aliphatic rings. The number of amides is 1. The molecule has 5 heteroatoms. The van der Waals surface area contributed by atoms with Crippen molar-refractivity contribution >= 4 is 33.4 Å². The van der Waals surface area contributed by atoms with Crippen LogP contribution in [0.3, 0.4) is 0 Å². The maximum absolute atomic E-state index is 12.3. The number of benzene rings is 1. The number of carbonyl (C=O) groups is 1. The highest BCUT2D eigenvalue weighted by Crippen LogP contribution is 2.22. The first kappa shape index (κ1) is 16.8. The summed E-state index contributed by atoms with van der Waals surface area (Å²) >= 11 is 9.30. The summed E-state index contributed by atoms with van der Waals surface area (Å²) in [6.07, 6.45) is 2.53. The van der Waals surface area contributed by atoms with Gasteiger partial charge in [0.2, 0.25) is 0 Å². The number of hydrogen-bond acceptors (Lipinski definition) is 2. The van der Waals surface area contributed by atoms with Crippen LogP contribution in [-0.4, -0.2) is 36.5 Å². The van der Waals surface area contributed by atoms with Crippen molar-refractivity contribution in [1.82, 2.24) is 10.2 Å². The molecule has 21 heavy (non-hydrogen) atoms. The zero-order valence-corrected chi connectivity index (χ0v) is 14.9. The van der Waals surface area contributed by atoms with Crippen LogP contribution in [0.1, 0.15) is 37.0 Å². The molecule has 0 bridgehead atoms. The molecule has 0 spiro atoms. The van der Waals surface area contributed by atoms with Gasteiger partial charge in [-0.05, 0) is 66.0 Å². The van der Waals surface area contributed by atoms with Crippen molar-refractivity contribution in [1.29, 1.82) is 0 Å². The minimum absolute atomic E-state index is 0.0524. The Morgan fingerprint density at radius 1 is 1.38 bits per heavy atom. The van der Waals surface area contributed by atoms with E-state index in [9.17, 15) is 4.79 Å². The van der Waals surface area contributed by atoms with Crippen LogP contribution in [0.25, 0.3) is 0 Å². The van der Waals surface area contributed by atoms with Crippen LogP contribution in [0.15, 0.2) is 22.7 Å². The number of halogens is 2.